The Hall–Kier alpha value is -2.85. The average molecular weight is 475 g/mol. The van der Waals surface area contributed by atoms with Crippen LogP contribution in [-0.4, -0.2) is 30.0 Å². The summed E-state index contributed by atoms with van der Waals surface area (Å²) in [6.07, 6.45) is 2.90. The number of aromatic amines is 1. The van der Waals surface area contributed by atoms with Crippen LogP contribution in [0.2, 0.25) is 0 Å². The number of aromatic nitrogens is 2. The highest BCUT2D eigenvalue weighted by Gasteiger charge is 2.29. The number of thiophene rings is 1. The number of amides is 1. The van der Waals surface area contributed by atoms with E-state index in [1.807, 2.05) is 30.3 Å². The molecule has 1 amide bonds. The smallest absolute Gasteiger partial charge is 0.442 e. The molecule has 0 fully saturated rings. The monoisotopic (exact) mass is 474 g/mol. The second-order valence-corrected chi connectivity index (χ2v) is 9.84. The Kier molecular flexibility index (Phi) is 6.80. The molecule has 2 aromatic heterocycles. The van der Waals surface area contributed by atoms with Gasteiger partial charge in [0, 0.05) is 29.2 Å². The Balaban J connectivity index is 1.43. The fraction of sp³-hybridized carbons (Fsp3) is 0.364. The summed E-state index contributed by atoms with van der Waals surface area (Å²) in [6.45, 7) is 2.19. The number of carbonyl (C=O) groups is 2. The zero-order valence-electron chi connectivity index (χ0n) is 17.8. The second-order valence-electron chi connectivity index (χ2n) is 7.65. The zero-order valence-corrected chi connectivity index (χ0v) is 19.4. The second kappa shape index (κ2) is 9.74. The topological polar surface area (TPSA) is 105 Å². The van der Waals surface area contributed by atoms with Crippen molar-refractivity contribution in [2.75, 3.05) is 18.2 Å². The third kappa shape index (κ3) is 4.66. The number of methoxy groups -OCH3 is 1. The molecular formula is C22H24N3O5S2+. The molecule has 0 spiro atoms. The first-order valence-corrected chi connectivity index (χ1v) is 12.1. The standard InChI is InChI=1S/C22H23N3O5S2/c1-13-8-9-15-16(12-13)32-19(18(15)21(27)29-2)23-17(26)10-11-31-20-22(28)30-24-25(20)14-6-4-3-5-7-14/h3-7,13H,8-12H2,1-2H3,(H-,23,24,26,27,28)/p+1. The van der Waals surface area contributed by atoms with E-state index in [1.165, 1.54) is 30.2 Å². The van der Waals surface area contributed by atoms with E-state index in [9.17, 15) is 14.4 Å². The molecule has 2 N–H and O–H groups in total. The maximum atomic E-state index is 12.6. The molecule has 1 unspecified atom stereocenters. The van der Waals surface area contributed by atoms with Gasteiger partial charge in [0.2, 0.25) is 11.6 Å². The van der Waals surface area contributed by atoms with Crippen LogP contribution < -0.4 is 15.6 Å². The van der Waals surface area contributed by atoms with Crippen LogP contribution in [0.3, 0.4) is 0 Å². The van der Waals surface area contributed by atoms with Gasteiger partial charge in [-0.1, -0.05) is 25.1 Å². The quantitative estimate of drug-likeness (QED) is 0.309. The van der Waals surface area contributed by atoms with Crippen molar-refractivity contribution < 1.29 is 23.5 Å². The molecule has 3 aromatic rings. The van der Waals surface area contributed by atoms with E-state index >= 15 is 0 Å². The van der Waals surface area contributed by atoms with Crippen LogP contribution in [-0.2, 0) is 22.4 Å². The molecule has 8 nitrogen and oxygen atoms in total. The summed E-state index contributed by atoms with van der Waals surface area (Å²) < 4.78 is 11.4. The Labute approximate surface area is 192 Å². The lowest BCUT2D eigenvalue weighted by atomic mass is 9.88. The summed E-state index contributed by atoms with van der Waals surface area (Å²) in [5.41, 5.74) is 1.74. The lowest BCUT2D eigenvalue weighted by Gasteiger charge is -2.18. The lowest BCUT2D eigenvalue weighted by molar-refractivity contribution is -0.704. The third-order valence-electron chi connectivity index (χ3n) is 5.34. The molecule has 1 aromatic carbocycles. The Morgan fingerprint density at radius 1 is 1.34 bits per heavy atom. The molecule has 0 saturated carbocycles. The first kappa shape index (κ1) is 22.3. The molecule has 168 valence electrons. The van der Waals surface area contributed by atoms with Gasteiger partial charge in [-0.2, -0.15) is 0 Å². The van der Waals surface area contributed by atoms with Crippen LogP contribution in [0, 0.1) is 5.92 Å². The van der Waals surface area contributed by atoms with Crippen molar-refractivity contribution in [3.63, 3.8) is 0 Å². The van der Waals surface area contributed by atoms with Gasteiger partial charge in [0.15, 0.2) is 0 Å². The highest BCUT2D eigenvalue weighted by atomic mass is 32.2. The number of para-hydroxylation sites is 1. The summed E-state index contributed by atoms with van der Waals surface area (Å²) in [6, 6.07) is 9.28. The van der Waals surface area contributed by atoms with Crippen LogP contribution in [0.15, 0.2) is 44.7 Å². The summed E-state index contributed by atoms with van der Waals surface area (Å²) in [7, 11) is 1.35. The predicted octanol–water partition coefficient (Wildman–Crippen LogP) is 3.34. The third-order valence-corrected chi connectivity index (χ3v) is 7.54. The van der Waals surface area contributed by atoms with Crippen molar-refractivity contribution >= 4 is 40.0 Å². The number of ether oxygens (including phenoxy) is 1. The molecule has 4 rings (SSSR count). The predicted molar refractivity (Wildman–Crippen MR) is 122 cm³/mol. The van der Waals surface area contributed by atoms with Gasteiger partial charge in [-0.3, -0.25) is 9.32 Å². The molecule has 0 bridgehead atoms. The number of carbonyl (C=O) groups excluding carboxylic acids is 2. The van der Waals surface area contributed by atoms with Crippen LogP contribution >= 0.6 is 23.1 Å². The molecule has 1 aliphatic rings. The number of nitrogens with one attached hydrogen (secondary N) is 2. The fourth-order valence-electron chi connectivity index (χ4n) is 3.72. The summed E-state index contributed by atoms with van der Waals surface area (Å²) in [4.78, 5) is 38.2. The van der Waals surface area contributed by atoms with Crippen molar-refractivity contribution in [3.05, 3.63) is 56.8 Å². The Bertz CT molecular complexity index is 1180. The number of fused-ring (bicyclic) bond motifs is 1. The van der Waals surface area contributed by atoms with Crippen molar-refractivity contribution in [1.82, 2.24) is 5.27 Å². The molecular weight excluding hydrogens is 450 g/mol. The maximum absolute atomic E-state index is 12.6. The Morgan fingerprint density at radius 2 is 2.12 bits per heavy atom. The van der Waals surface area contributed by atoms with Gasteiger partial charge in [0.1, 0.15) is 5.00 Å². The number of thioether (sulfide) groups is 1. The minimum atomic E-state index is -0.493. The fourth-order valence-corrected chi connectivity index (χ4v) is 6.05. The molecule has 2 heterocycles. The molecule has 32 heavy (non-hydrogen) atoms. The van der Waals surface area contributed by atoms with Gasteiger partial charge in [0.25, 0.3) is 0 Å². The number of nitrogens with zero attached hydrogens (tertiary/aromatic N) is 1. The van der Waals surface area contributed by atoms with E-state index < -0.39 is 11.6 Å². The van der Waals surface area contributed by atoms with Crippen molar-refractivity contribution in [1.29, 1.82) is 0 Å². The molecule has 0 radical (unpaired) electrons. The SMILES string of the molecule is COC(=O)c1c(NC(=O)CCSc2c(=O)o[nH][n+]2-c2ccccc2)sc2c1CCC(C)C2. The van der Waals surface area contributed by atoms with Crippen LogP contribution in [0.5, 0.6) is 0 Å². The maximum Gasteiger partial charge on any atom is 0.442 e. The minimum Gasteiger partial charge on any atom is -0.465 e. The molecule has 0 aliphatic heterocycles. The van der Waals surface area contributed by atoms with Gasteiger partial charge in [-0.25, -0.2) is 9.59 Å². The van der Waals surface area contributed by atoms with Crippen LogP contribution in [0.1, 0.15) is 40.6 Å². The van der Waals surface area contributed by atoms with Gasteiger partial charge in [-0.05, 0) is 52.5 Å². The van der Waals surface area contributed by atoms with Crippen LogP contribution in [0.25, 0.3) is 5.69 Å². The highest BCUT2D eigenvalue weighted by Crippen LogP contribution is 2.40. The van der Waals surface area contributed by atoms with Crippen molar-refractivity contribution in [3.8, 4) is 5.69 Å². The van der Waals surface area contributed by atoms with Crippen molar-refractivity contribution in [2.24, 2.45) is 5.92 Å². The number of benzene rings is 1. The van der Waals surface area contributed by atoms with E-state index in [2.05, 4.69) is 17.5 Å². The van der Waals surface area contributed by atoms with Gasteiger partial charge < -0.3 is 10.1 Å². The average Bonchev–Trinajstić information content (AvgIpc) is 3.33. The first-order chi connectivity index (χ1) is 15.5. The van der Waals surface area contributed by atoms with Gasteiger partial charge >= 0.3 is 16.6 Å². The van der Waals surface area contributed by atoms with Crippen LogP contribution in [0.4, 0.5) is 5.00 Å². The summed E-state index contributed by atoms with van der Waals surface area (Å²) >= 11 is 2.69. The number of hydrogen-bond donors (Lipinski definition) is 2. The number of esters is 1. The largest absolute Gasteiger partial charge is 0.465 e. The summed E-state index contributed by atoms with van der Waals surface area (Å²) in [5, 5.41) is 6.38. The molecule has 1 atom stereocenters. The van der Waals surface area contributed by atoms with E-state index in [0.29, 0.717) is 27.3 Å². The van der Waals surface area contributed by atoms with Gasteiger partial charge in [-0.15, -0.1) is 11.3 Å². The first-order valence-electron chi connectivity index (χ1n) is 10.3. The molecule has 0 saturated heterocycles. The van der Waals surface area contributed by atoms with E-state index in [0.717, 1.165) is 35.4 Å². The zero-order chi connectivity index (χ0) is 22.7. The normalized spacial score (nSPS) is 15.2. The van der Waals surface area contributed by atoms with E-state index in [4.69, 9.17) is 9.26 Å². The number of rotatable bonds is 7. The minimum absolute atomic E-state index is 0.170. The van der Waals surface area contributed by atoms with Gasteiger partial charge in [0.05, 0.1) is 12.7 Å². The van der Waals surface area contributed by atoms with E-state index in [1.54, 1.807) is 4.68 Å². The molecule has 10 heteroatoms. The Morgan fingerprint density at radius 3 is 2.88 bits per heavy atom. The molecule has 1 aliphatic carbocycles. The highest BCUT2D eigenvalue weighted by molar-refractivity contribution is 7.99. The lowest BCUT2D eigenvalue weighted by Crippen LogP contribution is -2.36. The van der Waals surface area contributed by atoms with Crippen molar-refractivity contribution in [2.45, 2.75) is 37.6 Å². The van der Waals surface area contributed by atoms with E-state index in [-0.39, 0.29) is 12.3 Å². The number of hydrogen-bond acceptors (Lipinski definition) is 7. The summed E-state index contributed by atoms with van der Waals surface area (Å²) in [5.74, 6) is 0.281. The number of anilines is 1. The number of H-pyrrole nitrogens is 1.